The van der Waals surface area contributed by atoms with Crippen LogP contribution in [0.2, 0.25) is 0 Å². The smallest absolute Gasteiger partial charge is 0.163 e. The van der Waals surface area contributed by atoms with Crippen LogP contribution in [0, 0.1) is 11.6 Å². The molecule has 1 aliphatic rings. The Bertz CT molecular complexity index is 609. The van der Waals surface area contributed by atoms with Gasteiger partial charge in [0, 0.05) is 11.6 Å². The van der Waals surface area contributed by atoms with Crippen LogP contribution in [0.15, 0.2) is 42.5 Å². The van der Waals surface area contributed by atoms with E-state index in [9.17, 15) is 8.78 Å². The molecule has 2 atom stereocenters. The number of nitrogens with two attached hydrogens (primary N) is 1. The van der Waals surface area contributed by atoms with Crippen molar-refractivity contribution in [3.8, 4) is 0 Å². The van der Waals surface area contributed by atoms with Gasteiger partial charge in [0.25, 0.3) is 0 Å². The Kier molecular flexibility index (Phi) is 3.07. The van der Waals surface area contributed by atoms with E-state index < -0.39 is 17.7 Å². The minimum atomic E-state index is -0.832. The lowest BCUT2D eigenvalue weighted by Crippen LogP contribution is -2.23. The maximum atomic E-state index is 13.7. The predicted octanol–water partition coefficient (Wildman–Crippen LogP) is 3.69. The summed E-state index contributed by atoms with van der Waals surface area (Å²) in [4.78, 5) is 0. The van der Waals surface area contributed by atoms with E-state index in [4.69, 9.17) is 5.73 Å². The lowest BCUT2D eigenvalue weighted by molar-refractivity contribution is 0.456. The fraction of sp³-hybridized carbons (Fsp3) is 0.250. The molecule has 2 aromatic rings. The van der Waals surface area contributed by atoms with Crippen molar-refractivity contribution in [1.29, 1.82) is 0 Å². The molecule has 0 amide bonds. The summed E-state index contributed by atoms with van der Waals surface area (Å²) in [5.74, 6) is -1.29. The van der Waals surface area contributed by atoms with Crippen LogP contribution in [0.1, 0.15) is 35.1 Å². The molecule has 0 bridgehead atoms. The van der Waals surface area contributed by atoms with Gasteiger partial charge in [-0.3, -0.25) is 0 Å². The minimum Gasteiger partial charge on any atom is -0.324 e. The highest BCUT2D eigenvalue weighted by Gasteiger charge is 2.28. The molecule has 2 unspecified atom stereocenters. The maximum Gasteiger partial charge on any atom is 0.163 e. The largest absolute Gasteiger partial charge is 0.324 e. The fourth-order valence-corrected chi connectivity index (χ4v) is 2.81. The number of hydrogen-bond acceptors (Lipinski definition) is 1. The second-order valence-corrected chi connectivity index (χ2v) is 5.09. The zero-order valence-corrected chi connectivity index (χ0v) is 10.4. The van der Waals surface area contributed by atoms with Crippen molar-refractivity contribution in [3.05, 3.63) is 70.8 Å². The Morgan fingerprint density at radius 2 is 1.89 bits per heavy atom. The molecule has 2 aromatic carbocycles. The summed E-state index contributed by atoms with van der Waals surface area (Å²) < 4.78 is 26.8. The minimum absolute atomic E-state index is 0.268. The van der Waals surface area contributed by atoms with Crippen molar-refractivity contribution in [2.24, 2.45) is 5.73 Å². The highest BCUT2D eigenvalue weighted by molar-refractivity contribution is 5.40. The van der Waals surface area contributed by atoms with E-state index in [2.05, 4.69) is 12.1 Å². The Hall–Kier alpha value is -1.74. The average Bonchev–Trinajstić information content (AvgIpc) is 2.39. The Balaban J connectivity index is 1.77. The summed E-state index contributed by atoms with van der Waals surface area (Å²) in [5, 5.41) is 0. The number of benzene rings is 2. The van der Waals surface area contributed by atoms with Crippen molar-refractivity contribution in [2.75, 3.05) is 0 Å². The molecule has 3 rings (SSSR count). The molecule has 0 radical (unpaired) electrons. The van der Waals surface area contributed by atoms with Crippen molar-refractivity contribution < 1.29 is 8.78 Å². The van der Waals surface area contributed by atoms with E-state index in [0.29, 0.717) is 12.3 Å². The van der Waals surface area contributed by atoms with Crippen LogP contribution in [0.25, 0.3) is 0 Å². The van der Waals surface area contributed by atoms with E-state index in [-0.39, 0.29) is 5.56 Å². The summed E-state index contributed by atoms with van der Waals surface area (Å²) in [6.07, 6.45) is 1.62. The molecule has 1 nitrogen and oxygen atoms in total. The second-order valence-electron chi connectivity index (χ2n) is 5.09. The third-order valence-corrected chi connectivity index (χ3v) is 3.88. The molecule has 1 aliphatic carbocycles. The Morgan fingerprint density at radius 3 is 2.68 bits per heavy atom. The molecule has 2 N–H and O–H groups in total. The first-order valence-electron chi connectivity index (χ1n) is 6.44. The third kappa shape index (κ3) is 2.15. The van der Waals surface area contributed by atoms with Gasteiger partial charge in [0.2, 0.25) is 0 Å². The molecule has 98 valence electrons. The van der Waals surface area contributed by atoms with E-state index in [1.165, 1.54) is 17.2 Å². The molecule has 0 heterocycles. The van der Waals surface area contributed by atoms with Gasteiger partial charge in [-0.05, 0) is 36.0 Å². The van der Waals surface area contributed by atoms with Gasteiger partial charge in [0.1, 0.15) is 0 Å². The fourth-order valence-electron chi connectivity index (χ4n) is 2.81. The Labute approximate surface area is 111 Å². The first kappa shape index (κ1) is 12.3. The predicted molar refractivity (Wildman–Crippen MR) is 70.8 cm³/mol. The van der Waals surface area contributed by atoms with Crippen molar-refractivity contribution in [3.63, 3.8) is 0 Å². The molecular formula is C16H15F2N. The topological polar surface area (TPSA) is 26.0 Å². The number of rotatable bonds is 3. The van der Waals surface area contributed by atoms with Gasteiger partial charge < -0.3 is 5.73 Å². The van der Waals surface area contributed by atoms with Crippen LogP contribution in [0.5, 0.6) is 0 Å². The summed E-state index contributed by atoms with van der Waals surface area (Å²) in [5.41, 5.74) is 8.91. The van der Waals surface area contributed by atoms with E-state index >= 15 is 0 Å². The van der Waals surface area contributed by atoms with Crippen LogP contribution in [0.3, 0.4) is 0 Å². The van der Waals surface area contributed by atoms with Crippen molar-refractivity contribution in [1.82, 2.24) is 0 Å². The van der Waals surface area contributed by atoms with Gasteiger partial charge >= 0.3 is 0 Å². The first-order valence-corrected chi connectivity index (χ1v) is 6.44. The van der Waals surface area contributed by atoms with Crippen LogP contribution in [-0.4, -0.2) is 0 Å². The van der Waals surface area contributed by atoms with Crippen LogP contribution >= 0.6 is 0 Å². The molecule has 0 aromatic heterocycles. The normalized spacial score (nSPS) is 18.6. The van der Waals surface area contributed by atoms with E-state index in [1.807, 2.05) is 12.1 Å². The zero-order valence-electron chi connectivity index (χ0n) is 10.4. The molecule has 3 heteroatoms. The summed E-state index contributed by atoms with van der Waals surface area (Å²) in [6.45, 7) is 0. The summed E-state index contributed by atoms with van der Waals surface area (Å²) in [7, 11) is 0. The van der Waals surface area contributed by atoms with E-state index in [1.54, 1.807) is 6.07 Å². The molecule has 19 heavy (non-hydrogen) atoms. The summed E-state index contributed by atoms with van der Waals surface area (Å²) in [6, 6.07) is 11.9. The van der Waals surface area contributed by atoms with Gasteiger partial charge in [-0.25, -0.2) is 8.78 Å². The van der Waals surface area contributed by atoms with Gasteiger partial charge in [-0.15, -0.1) is 0 Å². The third-order valence-electron chi connectivity index (χ3n) is 3.88. The van der Waals surface area contributed by atoms with Crippen molar-refractivity contribution in [2.45, 2.75) is 24.8 Å². The van der Waals surface area contributed by atoms with Crippen molar-refractivity contribution >= 4 is 0 Å². The lowest BCUT2D eigenvalue weighted by Gasteiger charge is -2.32. The molecule has 0 spiro atoms. The summed E-state index contributed by atoms with van der Waals surface area (Å²) >= 11 is 0. The van der Waals surface area contributed by atoms with Gasteiger partial charge in [0.15, 0.2) is 11.6 Å². The number of hydrogen-bond donors (Lipinski definition) is 1. The zero-order chi connectivity index (χ0) is 13.4. The molecule has 0 aliphatic heterocycles. The lowest BCUT2D eigenvalue weighted by atomic mass is 9.74. The quantitative estimate of drug-likeness (QED) is 0.893. The number of halogens is 2. The van der Waals surface area contributed by atoms with Gasteiger partial charge in [-0.2, -0.15) is 0 Å². The number of fused-ring (bicyclic) bond motifs is 1. The Morgan fingerprint density at radius 1 is 1.11 bits per heavy atom. The van der Waals surface area contributed by atoms with Crippen LogP contribution in [-0.2, 0) is 6.42 Å². The van der Waals surface area contributed by atoms with Gasteiger partial charge in [0.05, 0.1) is 0 Å². The highest BCUT2D eigenvalue weighted by atomic mass is 19.2. The first-order chi connectivity index (χ1) is 9.16. The monoisotopic (exact) mass is 259 g/mol. The van der Waals surface area contributed by atoms with Crippen LogP contribution in [0.4, 0.5) is 8.78 Å². The highest BCUT2D eigenvalue weighted by Crippen LogP contribution is 2.40. The molecule has 0 saturated carbocycles. The SMILES string of the molecule is NC(CC1Cc2ccccc21)c1cccc(F)c1F. The molecule has 0 fully saturated rings. The van der Waals surface area contributed by atoms with Crippen LogP contribution < -0.4 is 5.73 Å². The molecule has 0 saturated heterocycles. The maximum absolute atomic E-state index is 13.7. The standard InChI is InChI=1S/C16H15F2N/c17-14-7-3-6-13(16(14)18)15(19)9-11-8-10-4-1-2-5-12(10)11/h1-7,11,15H,8-9,19H2. The average molecular weight is 259 g/mol. The van der Waals surface area contributed by atoms with Gasteiger partial charge in [-0.1, -0.05) is 36.4 Å². The molecular weight excluding hydrogens is 244 g/mol. The van der Waals surface area contributed by atoms with E-state index in [0.717, 1.165) is 12.5 Å². The second kappa shape index (κ2) is 4.74.